The van der Waals surface area contributed by atoms with E-state index in [-0.39, 0.29) is 6.04 Å². The number of nitrogens with zero attached hydrogens (tertiary/aromatic N) is 3. The fourth-order valence-electron chi connectivity index (χ4n) is 3.13. The molecule has 0 aliphatic carbocycles. The number of halogens is 1. The van der Waals surface area contributed by atoms with Gasteiger partial charge >= 0.3 is 6.09 Å². The summed E-state index contributed by atoms with van der Waals surface area (Å²) < 4.78 is 5.45. The first kappa shape index (κ1) is 22.7. The van der Waals surface area contributed by atoms with Gasteiger partial charge in [-0.3, -0.25) is 4.98 Å². The summed E-state index contributed by atoms with van der Waals surface area (Å²) >= 11 is 6.52. The summed E-state index contributed by atoms with van der Waals surface area (Å²) in [5.41, 5.74) is 2.52. The summed E-state index contributed by atoms with van der Waals surface area (Å²) in [7, 11) is 0. The molecule has 162 valence electrons. The van der Waals surface area contributed by atoms with Crippen LogP contribution in [0.2, 0.25) is 5.02 Å². The van der Waals surface area contributed by atoms with Gasteiger partial charge < -0.3 is 10.1 Å². The average Bonchev–Trinajstić information content (AvgIpc) is 2.73. The number of hydrogen-bond acceptors (Lipinski definition) is 5. The van der Waals surface area contributed by atoms with Crippen LogP contribution in [0, 0.1) is 6.92 Å². The molecule has 0 bridgehead atoms. The number of ether oxygens (including phenoxy) is 1. The maximum atomic E-state index is 12.4. The first-order valence-electron chi connectivity index (χ1n) is 10.2. The van der Waals surface area contributed by atoms with Gasteiger partial charge in [-0.05, 0) is 58.2 Å². The van der Waals surface area contributed by atoms with Crippen LogP contribution in [0.15, 0.2) is 54.7 Å². The zero-order valence-corrected chi connectivity index (χ0v) is 19.0. The molecule has 1 N–H and O–H groups in total. The molecular weight excluding hydrogens is 412 g/mol. The van der Waals surface area contributed by atoms with Crippen molar-refractivity contribution in [2.45, 2.75) is 52.2 Å². The Labute approximate surface area is 188 Å². The maximum absolute atomic E-state index is 12.4. The van der Waals surface area contributed by atoms with Gasteiger partial charge in [0.1, 0.15) is 11.3 Å². The minimum Gasteiger partial charge on any atom is -0.444 e. The van der Waals surface area contributed by atoms with E-state index in [1.165, 1.54) is 0 Å². The van der Waals surface area contributed by atoms with Crippen molar-refractivity contribution < 1.29 is 9.53 Å². The van der Waals surface area contributed by atoms with Crippen LogP contribution in [-0.4, -0.2) is 26.6 Å². The van der Waals surface area contributed by atoms with Crippen molar-refractivity contribution in [1.82, 2.24) is 20.3 Å². The van der Waals surface area contributed by atoms with Gasteiger partial charge in [-0.15, -0.1) is 0 Å². The van der Waals surface area contributed by atoms with Crippen LogP contribution < -0.4 is 5.32 Å². The molecule has 1 atom stereocenters. The van der Waals surface area contributed by atoms with E-state index in [0.717, 1.165) is 11.3 Å². The monoisotopic (exact) mass is 438 g/mol. The molecule has 0 saturated heterocycles. The van der Waals surface area contributed by atoms with E-state index in [1.807, 2.05) is 76.2 Å². The number of nitrogens with one attached hydrogen (secondary N) is 1. The third-order valence-corrected chi connectivity index (χ3v) is 5.03. The molecule has 0 aliphatic rings. The van der Waals surface area contributed by atoms with Gasteiger partial charge in [-0.2, -0.15) is 0 Å². The molecule has 7 heteroatoms. The number of rotatable bonds is 6. The highest BCUT2D eigenvalue weighted by Crippen LogP contribution is 2.26. The third kappa shape index (κ3) is 6.49. The molecule has 31 heavy (non-hydrogen) atoms. The average molecular weight is 439 g/mol. The Balaban J connectivity index is 1.82. The van der Waals surface area contributed by atoms with Gasteiger partial charge in [-0.25, -0.2) is 14.8 Å². The molecule has 0 spiro atoms. The van der Waals surface area contributed by atoms with E-state index in [9.17, 15) is 4.79 Å². The van der Waals surface area contributed by atoms with Crippen LogP contribution in [0.3, 0.4) is 0 Å². The highest BCUT2D eigenvalue weighted by molar-refractivity contribution is 6.31. The number of pyridine rings is 1. The molecule has 3 rings (SSSR count). The minimum absolute atomic E-state index is 0.249. The van der Waals surface area contributed by atoms with E-state index in [2.05, 4.69) is 20.3 Å². The van der Waals surface area contributed by atoms with Gasteiger partial charge in [0.25, 0.3) is 0 Å². The Kier molecular flexibility index (Phi) is 7.23. The zero-order chi connectivity index (χ0) is 22.4. The molecule has 1 aromatic carbocycles. The standard InChI is InChI=1S/C24H27ClN4O2/c1-16-21(25)19(28-22(27-16)20-12-8-9-15-26-20)14-13-18(17-10-6-5-7-11-17)29-23(30)31-24(2,3)4/h5-12,15,18H,13-14H2,1-4H3,(H,29,30)/t18-/m0/s1. The lowest BCUT2D eigenvalue weighted by molar-refractivity contribution is 0.0501. The van der Waals surface area contributed by atoms with E-state index >= 15 is 0 Å². The van der Waals surface area contributed by atoms with Crippen LogP contribution in [0.25, 0.3) is 11.5 Å². The number of amides is 1. The highest BCUT2D eigenvalue weighted by atomic mass is 35.5. The smallest absolute Gasteiger partial charge is 0.408 e. The van der Waals surface area contributed by atoms with Gasteiger partial charge in [0, 0.05) is 6.20 Å². The van der Waals surface area contributed by atoms with Crippen molar-refractivity contribution in [3.05, 3.63) is 76.7 Å². The predicted octanol–water partition coefficient (Wildman–Crippen LogP) is 5.70. The molecular formula is C24H27ClN4O2. The lowest BCUT2D eigenvalue weighted by Crippen LogP contribution is -2.35. The number of aromatic nitrogens is 3. The maximum Gasteiger partial charge on any atom is 0.408 e. The molecule has 3 aromatic rings. The van der Waals surface area contributed by atoms with E-state index in [1.54, 1.807) is 6.20 Å². The van der Waals surface area contributed by atoms with Crippen LogP contribution in [0.5, 0.6) is 0 Å². The molecule has 0 saturated carbocycles. The molecule has 0 aliphatic heterocycles. The van der Waals surface area contributed by atoms with Crippen LogP contribution >= 0.6 is 11.6 Å². The Hall–Kier alpha value is -2.99. The molecule has 2 heterocycles. The summed E-state index contributed by atoms with van der Waals surface area (Å²) in [4.78, 5) is 25.9. The number of carbonyl (C=O) groups is 1. The normalized spacial score (nSPS) is 12.3. The molecule has 0 fully saturated rings. The molecule has 0 radical (unpaired) electrons. The van der Waals surface area contributed by atoms with E-state index < -0.39 is 11.7 Å². The second kappa shape index (κ2) is 9.88. The van der Waals surface area contributed by atoms with Gasteiger partial charge in [0.15, 0.2) is 5.82 Å². The second-order valence-corrected chi connectivity index (χ2v) is 8.63. The summed E-state index contributed by atoms with van der Waals surface area (Å²) in [6, 6.07) is 15.1. The summed E-state index contributed by atoms with van der Waals surface area (Å²) in [5, 5.41) is 3.51. The number of hydrogen-bond donors (Lipinski definition) is 1. The Bertz CT molecular complexity index is 1020. The van der Waals surface area contributed by atoms with Crippen LogP contribution in [0.1, 0.15) is 50.2 Å². The zero-order valence-electron chi connectivity index (χ0n) is 18.2. The summed E-state index contributed by atoms with van der Waals surface area (Å²) in [5.74, 6) is 0.536. The molecule has 1 amide bonds. The minimum atomic E-state index is -0.573. The van der Waals surface area contributed by atoms with Crippen molar-refractivity contribution in [3.63, 3.8) is 0 Å². The summed E-state index contributed by atoms with van der Waals surface area (Å²) in [6.07, 6.45) is 2.40. The predicted molar refractivity (Wildman–Crippen MR) is 122 cm³/mol. The van der Waals surface area contributed by atoms with Crippen molar-refractivity contribution in [2.24, 2.45) is 0 Å². The van der Waals surface area contributed by atoms with Gasteiger partial charge in [0.05, 0.1) is 22.5 Å². The molecule has 2 aromatic heterocycles. The first-order chi connectivity index (χ1) is 14.7. The fourth-order valence-corrected chi connectivity index (χ4v) is 3.31. The quantitative estimate of drug-likeness (QED) is 0.534. The molecule has 0 unspecified atom stereocenters. The number of benzene rings is 1. The highest BCUT2D eigenvalue weighted by Gasteiger charge is 2.21. The number of aryl methyl sites for hydroxylation is 2. The van der Waals surface area contributed by atoms with Gasteiger partial charge in [-0.1, -0.05) is 48.0 Å². The Morgan fingerprint density at radius 1 is 1.10 bits per heavy atom. The second-order valence-electron chi connectivity index (χ2n) is 8.26. The lowest BCUT2D eigenvalue weighted by Gasteiger charge is -2.24. The largest absolute Gasteiger partial charge is 0.444 e. The SMILES string of the molecule is Cc1nc(-c2ccccn2)nc(CC[C@H](NC(=O)OC(C)(C)C)c2ccccc2)c1Cl. The van der Waals surface area contributed by atoms with Gasteiger partial charge in [0.2, 0.25) is 0 Å². The topological polar surface area (TPSA) is 77.0 Å². The lowest BCUT2D eigenvalue weighted by atomic mass is 10.0. The van der Waals surface area contributed by atoms with Crippen molar-refractivity contribution in [3.8, 4) is 11.5 Å². The van der Waals surface area contributed by atoms with Crippen molar-refractivity contribution in [1.29, 1.82) is 0 Å². The third-order valence-electron chi connectivity index (χ3n) is 4.54. The van der Waals surface area contributed by atoms with E-state index in [0.29, 0.717) is 35.1 Å². The van der Waals surface area contributed by atoms with E-state index in [4.69, 9.17) is 16.3 Å². The Morgan fingerprint density at radius 2 is 1.81 bits per heavy atom. The van der Waals surface area contributed by atoms with Crippen molar-refractivity contribution in [2.75, 3.05) is 0 Å². The summed E-state index contributed by atoms with van der Waals surface area (Å²) in [6.45, 7) is 7.37. The van der Waals surface area contributed by atoms with Crippen molar-refractivity contribution >= 4 is 17.7 Å². The molecule has 6 nitrogen and oxygen atoms in total. The van der Waals surface area contributed by atoms with Crippen LogP contribution in [0.4, 0.5) is 4.79 Å². The fraction of sp³-hybridized carbons (Fsp3) is 0.333. The number of carbonyl (C=O) groups excluding carboxylic acids is 1. The number of alkyl carbamates (subject to hydrolysis) is 1. The first-order valence-corrected chi connectivity index (χ1v) is 10.6. The Morgan fingerprint density at radius 3 is 2.45 bits per heavy atom. The van der Waals surface area contributed by atoms with Crippen LogP contribution in [-0.2, 0) is 11.2 Å².